The van der Waals surface area contributed by atoms with Gasteiger partial charge in [-0.15, -0.1) is 0 Å². The van der Waals surface area contributed by atoms with Crippen LogP contribution in [0.15, 0.2) is 30.5 Å². The zero-order chi connectivity index (χ0) is 13.3. The molecular formula is C15H20N4. The summed E-state index contributed by atoms with van der Waals surface area (Å²) < 4.78 is 0. The summed E-state index contributed by atoms with van der Waals surface area (Å²) in [4.78, 5) is 2.41. The molecule has 2 aromatic rings. The lowest BCUT2D eigenvalue weighted by Crippen LogP contribution is -2.42. The van der Waals surface area contributed by atoms with Gasteiger partial charge in [-0.2, -0.15) is 10.2 Å². The molecule has 0 spiro atoms. The molecule has 0 aliphatic carbocycles. The molecule has 1 aliphatic heterocycles. The van der Waals surface area contributed by atoms with E-state index in [2.05, 4.69) is 34.2 Å². The maximum Gasteiger partial charge on any atom is 0.0950 e. The molecule has 4 heteroatoms. The van der Waals surface area contributed by atoms with E-state index in [9.17, 15) is 0 Å². The van der Waals surface area contributed by atoms with E-state index < -0.39 is 0 Å². The van der Waals surface area contributed by atoms with Crippen LogP contribution in [-0.2, 0) is 0 Å². The highest BCUT2D eigenvalue weighted by molar-refractivity contribution is 5.90. The molecule has 0 atom stereocenters. The molecule has 19 heavy (non-hydrogen) atoms. The van der Waals surface area contributed by atoms with Crippen LogP contribution in [0.5, 0.6) is 0 Å². The Kier molecular flexibility index (Phi) is 3.11. The summed E-state index contributed by atoms with van der Waals surface area (Å²) >= 11 is 0. The Morgan fingerprint density at radius 3 is 2.74 bits per heavy atom. The molecule has 2 N–H and O–H groups in total. The van der Waals surface area contributed by atoms with Crippen LogP contribution in [0, 0.1) is 5.41 Å². The predicted octanol–water partition coefficient (Wildman–Crippen LogP) is 2.20. The maximum atomic E-state index is 5.87. The van der Waals surface area contributed by atoms with Crippen molar-refractivity contribution in [3.05, 3.63) is 30.5 Å². The van der Waals surface area contributed by atoms with Gasteiger partial charge in [0.25, 0.3) is 0 Å². The number of nitrogens with zero attached hydrogens (tertiary/aromatic N) is 3. The lowest BCUT2D eigenvalue weighted by molar-refractivity contribution is 0.258. The van der Waals surface area contributed by atoms with Crippen molar-refractivity contribution in [1.82, 2.24) is 10.2 Å². The van der Waals surface area contributed by atoms with Crippen LogP contribution in [0.2, 0.25) is 0 Å². The number of hydrogen-bond donors (Lipinski definition) is 1. The van der Waals surface area contributed by atoms with Crippen LogP contribution in [-0.4, -0.2) is 29.8 Å². The summed E-state index contributed by atoms with van der Waals surface area (Å²) in [5.41, 5.74) is 8.33. The summed E-state index contributed by atoms with van der Waals surface area (Å²) in [5, 5.41) is 9.50. The Balaban J connectivity index is 1.90. The van der Waals surface area contributed by atoms with E-state index in [4.69, 9.17) is 5.73 Å². The normalized spacial score (nSPS) is 18.7. The second kappa shape index (κ2) is 4.78. The van der Waals surface area contributed by atoms with E-state index in [1.165, 1.54) is 11.1 Å². The number of fused-ring (bicyclic) bond motifs is 1. The van der Waals surface area contributed by atoms with E-state index in [1.807, 2.05) is 18.3 Å². The molecule has 1 aliphatic rings. The second-order valence-corrected chi connectivity index (χ2v) is 5.75. The summed E-state index contributed by atoms with van der Waals surface area (Å²) in [6.45, 7) is 5.15. The quantitative estimate of drug-likeness (QED) is 0.895. The molecule has 2 heterocycles. The number of rotatable bonds is 2. The first kappa shape index (κ1) is 12.4. The number of benzene rings is 1. The van der Waals surface area contributed by atoms with Crippen molar-refractivity contribution < 1.29 is 0 Å². The Hall–Kier alpha value is -1.68. The maximum absolute atomic E-state index is 5.87. The van der Waals surface area contributed by atoms with Gasteiger partial charge in [-0.3, -0.25) is 0 Å². The molecule has 0 unspecified atom stereocenters. The van der Waals surface area contributed by atoms with Gasteiger partial charge in [-0.1, -0.05) is 25.1 Å². The molecule has 0 bridgehead atoms. The summed E-state index contributed by atoms with van der Waals surface area (Å²) in [6, 6.07) is 8.19. The molecule has 3 rings (SSSR count). The fourth-order valence-corrected chi connectivity index (χ4v) is 2.74. The van der Waals surface area contributed by atoms with Gasteiger partial charge in [-0.05, 0) is 30.9 Å². The Labute approximate surface area is 113 Å². The van der Waals surface area contributed by atoms with Crippen molar-refractivity contribution in [1.29, 1.82) is 0 Å². The van der Waals surface area contributed by atoms with Crippen LogP contribution < -0.4 is 10.6 Å². The molecule has 1 aromatic carbocycles. The highest BCUT2D eigenvalue weighted by atomic mass is 15.2. The molecule has 0 saturated carbocycles. The molecule has 1 saturated heterocycles. The minimum atomic E-state index is 0.298. The topological polar surface area (TPSA) is 55.0 Å². The molecule has 0 radical (unpaired) electrons. The minimum absolute atomic E-state index is 0.298. The average molecular weight is 256 g/mol. The number of nitrogens with two attached hydrogens (primary N) is 1. The third kappa shape index (κ3) is 2.28. The average Bonchev–Trinajstić information content (AvgIpc) is 2.48. The summed E-state index contributed by atoms with van der Waals surface area (Å²) in [6.07, 6.45) is 4.16. The van der Waals surface area contributed by atoms with Crippen LogP contribution in [0.1, 0.15) is 19.8 Å². The van der Waals surface area contributed by atoms with Gasteiger partial charge in [0.1, 0.15) is 0 Å². The smallest absolute Gasteiger partial charge is 0.0950 e. The zero-order valence-electron chi connectivity index (χ0n) is 11.3. The van der Waals surface area contributed by atoms with Gasteiger partial charge in [0.05, 0.1) is 17.4 Å². The van der Waals surface area contributed by atoms with Crippen molar-refractivity contribution in [2.45, 2.75) is 19.8 Å². The lowest BCUT2D eigenvalue weighted by atomic mass is 9.80. The van der Waals surface area contributed by atoms with Crippen LogP contribution in [0.25, 0.3) is 10.9 Å². The number of hydrogen-bond acceptors (Lipinski definition) is 4. The van der Waals surface area contributed by atoms with Crippen molar-refractivity contribution in [3.63, 3.8) is 0 Å². The van der Waals surface area contributed by atoms with Gasteiger partial charge in [0.2, 0.25) is 0 Å². The fraction of sp³-hybridized carbons (Fsp3) is 0.467. The largest absolute Gasteiger partial charge is 0.370 e. The summed E-state index contributed by atoms with van der Waals surface area (Å²) in [7, 11) is 0. The number of aromatic nitrogens is 2. The minimum Gasteiger partial charge on any atom is -0.370 e. The van der Waals surface area contributed by atoms with Gasteiger partial charge >= 0.3 is 0 Å². The van der Waals surface area contributed by atoms with E-state index in [0.29, 0.717) is 5.41 Å². The first-order chi connectivity index (χ1) is 9.22. The summed E-state index contributed by atoms with van der Waals surface area (Å²) in [5.74, 6) is 0. The van der Waals surface area contributed by atoms with E-state index in [1.54, 1.807) is 0 Å². The molecule has 4 nitrogen and oxygen atoms in total. The zero-order valence-corrected chi connectivity index (χ0v) is 11.3. The molecule has 1 fully saturated rings. The van der Waals surface area contributed by atoms with E-state index in [-0.39, 0.29) is 0 Å². The number of piperidine rings is 1. The molecule has 0 amide bonds. The molecule has 100 valence electrons. The van der Waals surface area contributed by atoms with Crippen LogP contribution >= 0.6 is 0 Å². The van der Waals surface area contributed by atoms with Gasteiger partial charge in [0.15, 0.2) is 0 Å². The standard InChI is InChI=1S/C15H20N4/c1-15(11-16)6-8-19(9-7-15)14-10-17-18-13-5-3-2-4-12(13)14/h2-5,10H,6-9,11,16H2,1H3. The lowest BCUT2D eigenvalue weighted by Gasteiger charge is -2.39. The third-order valence-corrected chi connectivity index (χ3v) is 4.33. The van der Waals surface area contributed by atoms with E-state index in [0.717, 1.165) is 38.0 Å². The fourth-order valence-electron chi connectivity index (χ4n) is 2.74. The van der Waals surface area contributed by atoms with Gasteiger partial charge in [0, 0.05) is 18.5 Å². The molecular weight excluding hydrogens is 236 g/mol. The van der Waals surface area contributed by atoms with Crippen molar-refractivity contribution >= 4 is 16.6 Å². The van der Waals surface area contributed by atoms with Crippen molar-refractivity contribution in [2.24, 2.45) is 11.1 Å². The third-order valence-electron chi connectivity index (χ3n) is 4.33. The monoisotopic (exact) mass is 256 g/mol. The highest BCUT2D eigenvalue weighted by Crippen LogP contribution is 2.33. The number of anilines is 1. The highest BCUT2D eigenvalue weighted by Gasteiger charge is 2.29. The Morgan fingerprint density at radius 2 is 2.00 bits per heavy atom. The predicted molar refractivity (Wildman–Crippen MR) is 78.1 cm³/mol. The van der Waals surface area contributed by atoms with Crippen LogP contribution in [0.4, 0.5) is 5.69 Å². The first-order valence-corrected chi connectivity index (χ1v) is 6.87. The van der Waals surface area contributed by atoms with Crippen molar-refractivity contribution in [2.75, 3.05) is 24.5 Å². The first-order valence-electron chi connectivity index (χ1n) is 6.87. The van der Waals surface area contributed by atoms with E-state index >= 15 is 0 Å². The van der Waals surface area contributed by atoms with Gasteiger partial charge < -0.3 is 10.6 Å². The Bertz CT molecular complexity index is 568. The second-order valence-electron chi connectivity index (χ2n) is 5.75. The molecule has 1 aromatic heterocycles. The van der Waals surface area contributed by atoms with Crippen molar-refractivity contribution in [3.8, 4) is 0 Å². The Morgan fingerprint density at radius 1 is 1.26 bits per heavy atom. The SMILES string of the molecule is CC1(CN)CCN(c2cnnc3ccccc23)CC1. The van der Waals surface area contributed by atoms with Gasteiger partial charge in [-0.25, -0.2) is 0 Å². The van der Waals surface area contributed by atoms with Crippen LogP contribution in [0.3, 0.4) is 0 Å².